The minimum atomic E-state index is -0.0157. The molecule has 1 unspecified atom stereocenters. The number of aromatic nitrogens is 2. The molecule has 0 aliphatic rings. The van der Waals surface area contributed by atoms with Gasteiger partial charge in [-0.15, -0.1) is 0 Å². The SMILES string of the molecule is Cc1ccc(C(NN)c2cn(C)nc2C)cc1C. The highest BCUT2D eigenvalue weighted by molar-refractivity contribution is 5.37. The molecule has 0 bridgehead atoms. The van der Waals surface area contributed by atoms with E-state index in [0.29, 0.717) is 0 Å². The third-order valence-corrected chi connectivity index (χ3v) is 3.39. The van der Waals surface area contributed by atoms with Gasteiger partial charge >= 0.3 is 0 Å². The normalized spacial score (nSPS) is 12.7. The van der Waals surface area contributed by atoms with Gasteiger partial charge in [0.15, 0.2) is 0 Å². The number of rotatable bonds is 3. The fraction of sp³-hybridized carbons (Fsp3) is 0.357. The van der Waals surface area contributed by atoms with Crippen molar-refractivity contribution in [3.05, 3.63) is 52.3 Å². The van der Waals surface area contributed by atoms with E-state index < -0.39 is 0 Å². The summed E-state index contributed by atoms with van der Waals surface area (Å²) in [5.74, 6) is 5.72. The maximum Gasteiger partial charge on any atom is 0.0743 e. The molecule has 18 heavy (non-hydrogen) atoms. The Balaban J connectivity index is 2.45. The van der Waals surface area contributed by atoms with Gasteiger partial charge in [-0.2, -0.15) is 5.10 Å². The Kier molecular flexibility index (Phi) is 3.50. The van der Waals surface area contributed by atoms with Gasteiger partial charge in [0.05, 0.1) is 11.7 Å². The van der Waals surface area contributed by atoms with E-state index in [1.807, 2.05) is 24.9 Å². The van der Waals surface area contributed by atoms with Crippen LogP contribution in [-0.4, -0.2) is 9.78 Å². The van der Waals surface area contributed by atoms with Gasteiger partial charge in [-0.1, -0.05) is 18.2 Å². The molecule has 3 N–H and O–H groups in total. The van der Waals surface area contributed by atoms with Crippen LogP contribution in [0.15, 0.2) is 24.4 Å². The van der Waals surface area contributed by atoms with Crippen LogP contribution in [0, 0.1) is 20.8 Å². The van der Waals surface area contributed by atoms with Gasteiger partial charge in [-0.3, -0.25) is 10.5 Å². The Morgan fingerprint density at radius 1 is 1.22 bits per heavy atom. The minimum Gasteiger partial charge on any atom is -0.275 e. The minimum absolute atomic E-state index is 0.0157. The zero-order valence-electron chi connectivity index (χ0n) is 11.4. The summed E-state index contributed by atoms with van der Waals surface area (Å²) in [6.07, 6.45) is 2.01. The van der Waals surface area contributed by atoms with Gasteiger partial charge in [0.25, 0.3) is 0 Å². The molecule has 2 rings (SSSR count). The van der Waals surface area contributed by atoms with Crippen LogP contribution >= 0.6 is 0 Å². The molecule has 4 heteroatoms. The van der Waals surface area contributed by atoms with Crippen molar-refractivity contribution in [2.45, 2.75) is 26.8 Å². The summed E-state index contributed by atoms with van der Waals surface area (Å²) in [6.45, 7) is 6.22. The van der Waals surface area contributed by atoms with Crippen LogP contribution in [-0.2, 0) is 7.05 Å². The van der Waals surface area contributed by atoms with E-state index in [0.717, 1.165) is 16.8 Å². The quantitative estimate of drug-likeness (QED) is 0.640. The first-order valence-corrected chi connectivity index (χ1v) is 6.06. The first-order chi connectivity index (χ1) is 8.52. The summed E-state index contributed by atoms with van der Waals surface area (Å²) in [4.78, 5) is 0. The highest BCUT2D eigenvalue weighted by Gasteiger charge is 2.17. The molecule has 0 aliphatic heterocycles. The van der Waals surface area contributed by atoms with Gasteiger partial charge < -0.3 is 0 Å². The summed E-state index contributed by atoms with van der Waals surface area (Å²) < 4.78 is 1.82. The summed E-state index contributed by atoms with van der Waals surface area (Å²) in [5.41, 5.74) is 8.72. The Morgan fingerprint density at radius 2 is 1.94 bits per heavy atom. The number of hydrogen-bond donors (Lipinski definition) is 2. The molecule has 0 amide bonds. The highest BCUT2D eigenvalue weighted by Crippen LogP contribution is 2.25. The van der Waals surface area contributed by atoms with Crippen molar-refractivity contribution < 1.29 is 0 Å². The molecule has 4 nitrogen and oxygen atoms in total. The molecule has 0 fully saturated rings. The van der Waals surface area contributed by atoms with Crippen molar-refractivity contribution in [3.8, 4) is 0 Å². The molecule has 0 aliphatic carbocycles. The lowest BCUT2D eigenvalue weighted by Crippen LogP contribution is -2.29. The topological polar surface area (TPSA) is 55.9 Å². The van der Waals surface area contributed by atoms with E-state index in [1.54, 1.807) is 0 Å². The van der Waals surface area contributed by atoms with Crippen molar-refractivity contribution in [3.63, 3.8) is 0 Å². The lowest BCUT2D eigenvalue weighted by Gasteiger charge is -2.17. The van der Waals surface area contributed by atoms with Crippen molar-refractivity contribution in [2.24, 2.45) is 12.9 Å². The second kappa shape index (κ2) is 4.92. The van der Waals surface area contributed by atoms with Crippen molar-refractivity contribution in [1.82, 2.24) is 15.2 Å². The predicted octanol–water partition coefficient (Wildman–Crippen LogP) is 1.90. The van der Waals surface area contributed by atoms with Crippen LogP contribution in [0.2, 0.25) is 0 Å². The van der Waals surface area contributed by atoms with Crippen LogP contribution in [0.5, 0.6) is 0 Å². The average molecular weight is 244 g/mol. The van der Waals surface area contributed by atoms with Gasteiger partial charge in [0, 0.05) is 18.8 Å². The molecule has 0 saturated carbocycles. The maximum absolute atomic E-state index is 5.72. The Bertz CT molecular complexity index is 557. The molecule has 1 heterocycles. The molecular weight excluding hydrogens is 224 g/mol. The zero-order valence-corrected chi connectivity index (χ0v) is 11.4. The molecule has 96 valence electrons. The molecule has 1 atom stereocenters. The van der Waals surface area contributed by atoms with E-state index >= 15 is 0 Å². The largest absolute Gasteiger partial charge is 0.275 e. The molecule has 0 spiro atoms. The van der Waals surface area contributed by atoms with E-state index in [-0.39, 0.29) is 6.04 Å². The predicted molar refractivity (Wildman–Crippen MR) is 73.0 cm³/mol. The molecule has 1 aromatic carbocycles. The second-order valence-corrected chi connectivity index (χ2v) is 4.79. The summed E-state index contributed by atoms with van der Waals surface area (Å²) >= 11 is 0. The van der Waals surface area contributed by atoms with Crippen molar-refractivity contribution >= 4 is 0 Å². The number of nitrogens with one attached hydrogen (secondary N) is 1. The summed E-state index contributed by atoms with van der Waals surface area (Å²) in [5, 5.41) is 4.37. The number of nitrogens with zero attached hydrogens (tertiary/aromatic N) is 2. The second-order valence-electron chi connectivity index (χ2n) is 4.79. The molecule has 1 aromatic heterocycles. The molecule has 0 radical (unpaired) electrons. The van der Waals surface area contributed by atoms with Crippen molar-refractivity contribution in [2.75, 3.05) is 0 Å². The number of benzene rings is 1. The van der Waals surface area contributed by atoms with E-state index in [4.69, 9.17) is 5.84 Å². The molecule has 0 saturated heterocycles. The van der Waals surface area contributed by atoms with Crippen LogP contribution in [0.1, 0.15) is 34.0 Å². The molecule has 2 aromatic rings. The third kappa shape index (κ3) is 2.30. The van der Waals surface area contributed by atoms with Crippen LogP contribution in [0.3, 0.4) is 0 Å². The average Bonchev–Trinajstić information content (AvgIpc) is 2.64. The number of hydrazine groups is 1. The van der Waals surface area contributed by atoms with Crippen molar-refractivity contribution in [1.29, 1.82) is 0 Å². The standard InChI is InChI=1S/C14H20N4/c1-9-5-6-12(7-10(9)2)14(16-15)13-8-18(4)17-11(13)3/h5-8,14,16H,15H2,1-4H3. The van der Waals surface area contributed by atoms with E-state index in [1.165, 1.54) is 11.1 Å². The lowest BCUT2D eigenvalue weighted by atomic mass is 9.96. The summed E-state index contributed by atoms with van der Waals surface area (Å²) in [6, 6.07) is 6.39. The summed E-state index contributed by atoms with van der Waals surface area (Å²) in [7, 11) is 1.92. The fourth-order valence-electron chi connectivity index (χ4n) is 2.21. The van der Waals surface area contributed by atoms with E-state index in [2.05, 4.69) is 42.6 Å². The first-order valence-electron chi connectivity index (χ1n) is 6.06. The maximum atomic E-state index is 5.72. The Labute approximate surface area is 108 Å². The molecular formula is C14H20N4. The monoisotopic (exact) mass is 244 g/mol. The third-order valence-electron chi connectivity index (χ3n) is 3.39. The lowest BCUT2D eigenvalue weighted by molar-refractivity contribution is 0.632. The van der Waals surface area contributed by atoms with Crippen LogP contribution in [0.4, 0.5) is 0 Å². The van der Waals surface area contributed by atoms with Crippen LogP contribution in [0.25, 0.3) is 0 Å². The number of aryl methyl sites for hydroxylation is 4. The highest BCUT2D eigenvalue weighted by atomic mass is 15.3. The smallest absolute Gasteiger partial charge is 0.0743 e. The Hall–Kier alpha value is -1.65. The first kappa shape index (κ1) is 12.8. The van der Waals surface area contributed by atoms with Crippen LogP contribution < -0.4 is 11.3 Å². The Morgan fingerprint density at radius 3 is 2.44 bits per heavy atom. The number of hydrogen-bond acceptors (Lipinski definition) is 3. The van der Waals surface area contributed by atoms with Gasteiger partial charge in [0.1, 0.15) is 0 Å². The van der Waals surface area contributed by atoms with E-state index in [9.17, 15) is 0 Å². The fourth-order valence-corrected chi connectivity index (χ4v) is 2.21. The van der Waals surface area contributed by atoms with Gasteiger partial charge in [-0.25, -0.2) is 5.43 Å². The number of nitrogens with two attached hydrogens (primary N) is 1. The van der Waals surface area contributed by atoms with Gasteiger partial charge in [0.2, 0.25) is 0 Å². The zero-order chi connectivity index (χ0) is 13.3. The van der Waals surface area contributed by atoms with Gasteiger partial charge in [-0.05, 0) is 37.5 Å².